The van der Waals surface area contributed by atoms with Gasteiger partial charge in [-0.2, -0.15) is 0 Å². The predicted molar refractivity (Wildman–Crippen MR) is 68.3 cm³/mol. The summed E-state index contributed by atoms with van der Waals surface area (Å²) >= 11 is 6.07. The summed E-state index contributed by atoms with van der Waals surface area (Å²) in [6, 6.07) is 4.54. The number of benzene rings is 1. The molecule has 0 unspecified atom stereocenters. The molecule has 0 bridgehead atoms. The second kappa shape index (κ2) is 5.27. The Morgan fingerprint density at radius 1 is 1.44 bits per heavy atom. The molecule has 1 amide bonds. The highest BCUT2D eigenvalue weighted by molar-refractivity contribution is 6.33. The molecule has 1 aromatic carbocycles. The number of aromatic carboxylic acids is 1. The molecule has 0 saturated carbocycles. The van der Waals surface area contributed by atoms with Gasteiger partial charge in [0.15, 0.2) is 0 Å². The Morgan fingerprint density at radius 3 is 2.89 bits per heavy atom. The molecule has 1 aliphatic heterocycles. The maximum atomic E-state index is 11.5. The predicted octanol–water partition coefficient (Wildman–Crippen LogP) is 1.36. The Kier molecular flexibility index (Phi) is 3.72. The quantitative estimate of drug-likeness (QED) is 0.850. The van der Waals surface area contributed by atoms with Crippen molar-refractivity contribution in [2.75, 3.05) is 24.5 Å². The van der Waals surface area contributed by atoms with Gasteiger partial charge in [-0.15, -0.1) is 0 Å². The number of hydrogen-bond donors (Lipinski definition) is 2. The minimum atomic E-state index is -1.02. The maximum Gasteiger partial charge on any atom is 0.335 e. The van der Waals surface area contributed by atoms with Crippen molar-refractivity contribution < 1.29 is 14.7 Å². The molecule has 5 nitrogen and oxygen atoms in total. The number of carboxylic acid groups (broad SMARTS) is 1. The van der Waals surface area contributed by atoms with Crippen LogP contribution in [0.25, 0.3) is 0 Å². The number of anilines is 1. The maximum absolute atomic E-state index is 11.5. The van der Waals surface area contributed by atoms with E-state index >= 15 is 0 Å². The number of nitrogens with one attached hydrogen (secondary N) is 1. The lowest BCUT2D eigenvalue weighted by Crippen LogP contribution is -2.33. The average molecular weight is 269 g/mol. The lowest BCUT2D eigenvalue weighted by molar-refractivity contribution is -0.119. The first-order valence-corrected chi connectivity index (χ1v) is 6.00. The van der Waals surface area contributed by atoms with E-state index in [2.05, 4.69) is 5.32 Å². The lowest BCUT2D eigenvalue weighted by Gasteiger charge is -2.22. The number of amides is 1. The van der Waals surface area contributed by atoms with Crippen LogP contribution in [0, 0.1) is 0 Å². The van der Waals surface area contributed by atoms with Gasteiger partial charge in [0.2, 0.25) is 5.91 Å². The molecular formula is C12H13ClN2O3. The Bertz CT molecular complexity index is 490. The molecular weight excluding hydrogens is 256 g/mol. The molecule has 1 aromatic rings. The molecule has 6 heteroatoms. The largest absolute Gasteiger partial charge is 0.478 e. The number of nitrogens with zero attached hydrogens (tertiary/aromatic N) is 1. The molecule has 18 heavy (non-hydrogen) atoms. The summed E-state index contributed by atoms with van der Waals surface area (Å²) in [4.78, 5) is 24.1. The Morgan fingerprint density at radius 2 is 2.22 bits per heavy atom. The first kappa shape index (κ1) is 12.7. The van der Waals surface area contributed by atoms with Crippen LogP contribution in [-0.4, -0.2) is 36.6 Å². The zero-order valence-electron chi connectivity index (χ0n) is 9.65. The Labute approximate surface area is 109 Å². The van der Waals surface area contributed by atoms with Crippen LogP contribution >= 0.6 is 11.6 Å². The van der Waals surface area contributed by atoms with Gasteiger partial charge in [0.05, 0.1) is 22.8 Å². The second-order valence-electron chi connectivity index (χ2n) is 4.10. The van der Waals surface area contributed by atoms with Crippen molar-refractivity contribution in [2.45, 2.75) is 6.42 Å². The summed E-state index contributed by atoms with van der Waals surface area (Å²) in [5, 5.41) is 12.0. The van der Waals surface area contributed by atoms with Gasteiger partial charge in [-0.05, 0) is 24.6 Å². The number of carboxylic acids is 1. The van der Waals surface area contributed by atoms with E-state index in [0.29, 0.717) is 23.8 Å². The van der Waals surface area contributed by atoms with Crippen LogP contribution in [0.3, 0.4) is 0 Å². The van der Waals surface area contributed by atoms with Crippen molar-refractivity contribution in [1.82, 2.24) is 5.32 Å². The number of carbonyl (C=O) groups excluding carboxylic acids is 1. The molecule has 0 radical (unpaired) electrons. The monoisotopic (exact) mass is 268 g/mol. The summed E-state index contributed by atoms with van der Waals surface area (Å²) < 4.78 is 0. The van der Waals surface area contributed by atoms with E-state index in [0.717, 1.165) is 6.42 Å². The van der Waals surface area contributed by atoms with E-state index in [-0.39, 0.29) is 18.0 Å². The van der Waals surface area contributed by atoms with Gasteiger partial charge in [0.1, 0.15) is 0 Å². The van der Waals surface area contributed by atoms with Gasteiger partial charge in [-0.25, -0.2) is 4.79 Å². The third-order valence-electron chi connectivity index (χ3n) is 2.80. The molecule has 1 aliphatic rings. The van der Waals surface area contributed by atoms with Crippen molar-refractivity contribution in [1.29, 1.82) is 0 Å². The van der Waals surface area contributed by atoms with Crippen molar-refractivity contribution in [2.24, 2.45) is 0 Å². The number of rotatable bonds is 2. The second-order valence-corrected chi connectivity index (χ2v) is 4.50. The normalized spacial score (nSPS) is 16.1. The standard InChI is InChI=1S/C12H13ClN2O3/c13-9-6-8(12(17)18)2-3-10(9)15-5-1-4-14-11(16)7-15/h2-3,6H,1,4-5,7H2,(H,14,16)(H,17,18). The topological polar surface area (TPSA) is 69.6 Å². The van der Waals surface area contributed by atoms with Crippen molar-refractivity contribution in [3.8, 4) is 0 Å². The Balaban J connectivity index is 2.27. The summed E-state index contributed by atoms with van der Waals surface area (Å²) in [6.45, 7) is 1.61. The van der Waals surface area contributed by atoms with Crippen LogP contribution in [0.1, 0.15) is 16.8 Å². The average Bonchev–Trinajstić information content (AvgIpc) is 2.53. The molecule has 96 valence electrons. The fourth-order valence-electron chi connectivity index (χ4n) is 1.91. The summed E-state index contributed by atoms with van der Waals surface area (Å²) in [6.07, 6.45) is 0.836. The molecule has 1 saturated heterocycles. The van der Waals surface area contributed by atoms with Gasteiger partial charge in [0, 0.05) is 13.1 Å². The van der Waals surface area contributed by atoms with E-state index in [4.69, 9.17) is 16.7 Å². The number of halogens is 1. The highest BCUT2D eigenvalue weighted by Gasteiger charge is 2.18. The summed E-state index contributed by atoms with van der Waals surface area (Å²) in [7, 11) is 0. The van der Waals surface area contributed by atoms with Crippen LogP contribution < -0.4 is 10.2 Å². The van der Waals surface area contributed by atoms with Crippen molar-refractivity contribution >= 4 is 29.2 Å². The third-order valence-corrected chi connectivity index (χ3v) is 3.10. The van der Waals surface area contributed by atoms with Gasteiger partial charge in [0.25, 0.3) is 0 Å². The van der Waals surface area contributed by atoms with Crippen molar-refractivity contribution in [3.05, 3.63) is 28.8 Å². The van der Waals surface area contributed by atoms with Gasteiger partial charge in [-0.3, -0.25) is 4.79 Å². The van der Waals surface area contributed by atoms with E-state index in [1.165, 1.54) is 12.1 Å². The van der Waals surface area contributed by atoms with E-state index in [1.54, 1.807) is 6.07 Å². The SMILES string of the molecule is O=C1CN(c2ccc(C(=O)O)cc2Cl)CCCN1. The zero-order valence-corrected chi connectivity index (χ0v) is 10.4. The minimum Gasteiger partial charge on any atom is -0.478 e. The van der Waals surface area contributed by atoms with E-state index in [9.17, 15) is 9.59 Å². The smallest absolute Gasteiger partial charge is 0.335 e. The molecule has 0 aliphatic carbocycles. The molecule has 0 aromatic heterocycles. The summed E-state index contributed by atoms with van der Waals surface area (Å²) in [5.41, 5.74) is 0.835. The fourth-order valence-corrected chi connectivity index (χ4v) is 2.21. The van der Waals surface area contributed by atoms with E-state index in [1.807, 2.05) is 4.90 Å². The number of carbonyl (C=O) groups is 2. The van der Waals surface area contributed by atoms with Gasteiger partial charge >= 0.3 is 5.97 Å². The van der Waals surface area contributed by atoms with E-state index < -0.39 is 5.97 Å². The first-order chi connectivity index (χ1) is 8.58. The molecule has 1 heterocycles. The zero-order chi connectivity index (χ0) is 13.1. The van der Waals surface area contributed by atoms with Crippen LogP contribution in [0.5, 0.6) is 0 Å². The van der Waals surface area contributed by atoms with Crippen LogP contribution in [0.2, 0.25) is 5.02 Å². The fraction of sp³-hybridized carbons (Fsp3) is 0.333. The highest BCUT2D eigenvalue weighted by atomic mass is 35.5. The lowest BCUT2D eigenvalue weighted by atomic mass is 10.2. The summed E-state index contributed by atoms with van der Waals surface area (Å²) in [5.74, 6) is -1.07. The molecule has 2 N–H and O–H groups in total. The molecule has 2 rings (SSSR count). The minimum absolute atomic E-state index is 0.0501. The third kappa shape index (κ3) is 2.73. The van der Waals surface area contributed by atoms with Crippen molar-refractivity contribution in [3.63, 3.8) is 0 Å². The van der Waals surface area contributed by atoms with Gasteiger partial charge < -0.3 is 15.3 Å². The highest BCUT2D eigenvalue weighted by Crippen LogP contribution is 2.27. The molecule has 0 atom stereocenters. The molecule has 1 fully saturated rings. The Hall–Kier alpha value is -1.75. The molecule has 0 spiro atoms. The van der Waals surface area contributed by atoms with Crippen LogP contribution in [-0.2, 0) is 4.79 Å². The number of hydrogen-bond acceptors (Lipinski definition) is 3. The van der Waals surface area contributed by atoms with Crippen LogP contribution in [0.4, 0.5) is 5.69 Å². The van der Waals surface area contributed by atoms with Gasteiger partial charge in [-0.1, -0.05) is 11.6 Å². The van der Waals surface area contributed by atoms with Crippen LogP contribution in [0.15, 0.2) is 18.2 Å². The first-order valence-electron chi connectivity index (χ1n) is 5.62.